The van der Waals surface area contributed by atoms with Crippen LogP contribution in [0.4, 0.5) is 15.3 Å². The van der Waals surface area contributed by atoms with Crippen molar-refractivity contribution in [2.45, 2.75) is 19.3 Å². The lowest BCUT2D eigenvalue weighted by atomic mass is 10.1. The highest BCUT2D eigenvalue weighted by Crippen LogP contribution is 2.34. The number of anilines is 2. The van der Waals surface area contributed by atoms with E-state index in [0.29, 0.717) is 33.2 Å². The summed E-state index contributed by atoms with van der Waals surface area (Å²) in [5, 5.41) is 17.6. The normalized spacial score (nSPS) is 13.8. The Morgan fingerprint density at radius 2 is 1.94 bits per heavy atom. The summed E-state index contributed by atoms with van der Waals surface area (Å²) in [5.41, 5.74) is 1.72. The monoisotopic (exact) mass is 446 g/mol. The molecular formula is C23H19FN6OS. The molecule has 1 amide bonds. The van der Waals surface area contributed by atoms with Gasteiger partial charge in [0.2, 0.25) is 10.1 Å². The highest BCUT2D eigenvalue weighted by molar-refractivity contribution is 7.20. The number of hydrogen-bond donors (Lipinski definition) is 1. The highest BCUT2D eigenvalue weighted by atomic mass is 32.1. The SMILES string of the molecule is N#Cc1cccc(C(=O)Nc2c(-c3cccc(F)c3)nc3sc(N4CCCCC4)nn23)c1. The Balaban J connectivity index is 1.58. The van der Waals surface area contributed by atoms with Gasteiger partial charge in [-0.05, 0) is 49.6 Å². The summed E-state index contributed by atoms with van der Waals surface area (Å²) < 4.78 is 15.5. The van der Waals surface area contributed by atoms with E-state index in [1.54, 1.807) is 34.8 Å². The van der Waals surface area contributed by atoms with E-state index in [1.807, 2.05) is 6.07 Å². The van der Waals surface area contributed by atoms with Crippen LogP contribution in [0, 0.1) is 17.1 Å². The Labute approximate surface area is 187 Å². The number of nitrogens with one attached hydrogen (secondary N) is 1. The van der Waals surface area contributed by atoms with E-state index in [2.05, 4.69) is 15.2 Å². The molecule has 0 atom stereocenters. The molecule has 1 aliphatic rings. The first-order valence-corrected chi connectivity index (χ1v) is 11.2. The van der Waals surface area contributed by atoms with Gasteiger partial charge in [-0.1, -0.05) is 29.5 Å². The predicted octanol–water partition coefficient (Wildman–Crippen LogP) is 4.71. The average Bonchev–Trinajstić information content (AvgIpc) is 3.39. The first-order valence-electron chi connectivity index (χ1n) is 10.3. The number of carbonyl (C=O) groups excluding carboxylic acids is 1. The molecule has 7 nitrogen and oxygen atoms in total. The lowest BCUT2D eigenvalue weighted by molar-refractivity contribution is 0.102. The fourth-order valence-corrected chi connectivity index (χ4v) is 4.76. The third-order valence-electron chi connectivity index (χ3n) is 5.40. The number of piperidine rings is 1. The van der Waals surface area contributed by atoms with Crippen LogP contribution in [0.2, 0.25) is 0 Å². The molecule has 0 spiro atoms. The van der Waals surface area contributed by atoms with Crippen molar-refractivity contribution in [2.75, 3.05) is 23.3 Å². The van der Waals surface area contributed by atoms with Gasteiger partial charge in [0.15, 0.2) is 5.82 Å². The Morgan fingerprint density at radius 3 is 2.72 bits per heavy atom. The first kappa shape index (κ1) is 20.2. The van der Waals surface area contributed by atoms with Crippen molar-refractivity contribution in [2.24, 2.45) is 0 Å². The second-order valence-corrected chi connectivity index (χ2v) is 8.53. The Hall–Kier alpha value is -3.77. The lowest BCUT2D eigenvalue weighted by Crippen LogP contribution is -2.29. The fraction of sp³-hybridized carbons (Fsp3) is 0.217. The quantitative estimate of drug-likeness (QED) is 0.491. The second kappa shape index (κ2) is 8.40. The van der Waals surface area contributed by atoms with Crippen LogP contribution in [0.25, 0.3) is 16.2 Å². The number of hydrogen-bond acceptors (Lipinski definition) is 6. The molecular weight excluding hydrogens is 427 g/mol. The number of aromatic nitrogens is 3. The maximum absolute atomic E-state index is 13.9. The van der Waals surface area contributed by atoms with Crippen molar-refractivity contribution in [1.82, 2.24) is 14.6 Å². The van der Waals surface area contributed by atoms with Gasteiger partial charge in [0.25, 0.3) is 5.91 Å². The molecule has 0 radical (unpaired) electrons. The number of fused-ring (bicyclic) bond motifs is 1. The van der Waals surface area contributed by atoms with Crippen LogP contribution in [0.5, 0.6) is 0 Å². The number of amides is 1. The van der Waals surface area contributed by atoms with Crippen LogP contribution in [-0.4, -0.2) is 33.6 Å². The van der Waals surface area contributed by atoms with Crippen LogP contribution >= 0.6 is 11.3 Å². The number of imidazole rings is 1. The number of benzene rings is 2. The number of rotatable bonds is 4. The van der Waals surface area contributed by atoms with Gasteiger partial charge >= 0.3 is 0 Å². The molecule has 0 bridgehead atoms. The predicted molar refractivity (Wildman–Crippen MR) is 121 cm³/mol. The first-order chi connectivity index (χ1) is 15.6. The second-order valence-electron chi connectivity index (χ2n) is 7.59. The molecule has 1 N–H and O–H groups in total. The van der Waals surface area contributed by atoms with Crippen molar-refractivity contribution >= 4 is 33.2 Å². The standard InChI is InChI=1S/C23H19FN6OS/c24-18-9-5-7-16(13-18)19-20(27-21(31)17-8-4-6-15(12-17)14-25)30-22(26-19)32-23(28-30)29-10-2-1-3-11-29/h4-9,12-13H,1-3,10-11H2,(H,27,31). The maximum Gasteiger partial charge on any atom is 0.256 e. The third-order valence-corrected chi connectivity index (χ3v) is 6.37. The van der Waals surface area contributed by atoms with Gasteiger partial charge in [-0.3, -0.25) is 4.79 Å². The van der Waals surface area contributed by atoms with Gasteiger partial charge in [-0.25, -0.2) is 9.37 Å². The van der Waals surface area contributed by atoms with Crippen molar-refractivity contribution < 1.29 is 9.18 Å². The van der Waals surface area contributed by atoms with Crippen molar-refractivity contribution in [3.63, 3.8) is 0 Å². The van der Waals surface area contributed by atoms with Gasteiger partial charge in [-0.2, -0.15) is 9.78 Å². The van der Waals surface area contributed by atoms with E-state index in [1.165, 1.54) is 36.0 Å². The zero-order valence-electron chi connectivity index (χ0n) is 17.1. The minimum absolute atomic E-state index is 0.343. The van der Waals surface area contributed by atoms with Gasteiger partial charge in [0, 0.05) is 24.2 Å². The lowest BCUT2D eigenvalue weighted by Gasteiger charge is -2.25. The zero-order chi connectivity index (χ0) is 22.1. The smallest absolute Gasteiger partial charge is 0.256 e. The number of nitrogens with zero attached hydrogens (tertiary/aromatic N) is 5. The molecule has 32 heavy (non-hydrogen) atoms. The molecule has 1 fully saturated rings. The van der Waals surface area contributed by atoms with Crippen LogP contribution in [0.15, 0.2) is 48.5 Å². The molecule has 5 rings (SSSR count). The molecule has 0 aliphatic carbocycles. The summed E-state index contributed by atoms with van der Waals surface area (Å²) >= 11 is 1.45. The molecule has 9 heteroatoms. The van der Waals surface area contributed by atoms with Crippen LogP contribution < -0.4 is 10.2 Å². The Bertz CT molecular complexity index is 1350. The summed E-state index contributed by atoms with van der Waals surface area (Å²) in [6.07, 6.45) is 3.45. The minimum Gasteiger partial charge on any atom is -0.347 e. The molecule has 3 heterocycles. The largest absolute Gasteiger partial charge is 0.347 e. The van der Waals surface area contributed by atoms with Crippen molar-refractivity contribution in [3.05, 3.63) is 65.5 Å². The van der Waals surface area contributed by atoms with Gasteiger partial charge < -0.3 is 10.2 Å². The molecule has 4 aromatic rings. The van der Waals surface area contributed by atoms with Crippen molar-refractivity contribution in [1.29, 1.82) is 5.26 Å². The summed E-state index contributed by atoms with van der Waals surface area (Å²) in [6.45, 7) is 1.88. The van der Waals surface area contributed by atoms with Crippen LogP contribution in [0.3, 0.4) is 0 Å². The highest BCUT2D eigenvalue weighted by Gasteiger charge is 2.23. The van der Waals surface area contributed by atoms with E-state index < -0.39 is 5.91 Å². The molecule has 160 valence electrons. The average molecular weight is 447 g/mol. The summed E-state index contributed by atoms with van der Waals surface area (Å²) in [5.74, 6) is -0.411. The maximum atomic E-state index is 13.9. The summed E-state index contributed by atoms with van der Waals surface area (Å²) in [6, 6.07) is 14.6. The molecule has 1 saturated heterocycles. The summed E-state index contributed by atoms with van der Waals surface area (Å²) in [7, 11) is 0. The number of halogens is 1. The molecule has 1 aliphatic heterocycles. The van der Waals surface area contributed by atoms with Gasteiger partial charge in [-0.15, -0.1) is 5.10 Å². The Kier molecular flexibility index (Phi) is 5.29. The van der Waals surface area contributed by atoms with E-state index in [0.717, 1.165) is 31.1 Å². The zero-order valence-corrected chi connectivity index (χ0v) is 17.9. The van der Waals surface area contributed by atoms with Gasteiger partial charge in [0.1, 0.15) is 11.5 Å². The number of carbonyl (C=O) groups is 1. The van der Waals surface area contributed by atoms with Gasteiger partial charge in [0.05, 0.1) is 11.6 Å². The topological polar surface area (TPSA) is 86.3 Å². The van der Waals surface area contributed by atoms with E-state index in [-0.39, 0.29) is 5.82 Å². The number of nitriles is 1. The van der Waals surface area contributed by atoms with E-state index in [9.17, 15) is 9.18 Å². The summed E-state index contributed by atoms with van der Waals surface area (Å²) in [4.78, 5) is 20.5. The van der Waals surface area contributed by atoms with Crippen molar-refractivity contribution in [3.8, 4) is 17.3 Å². The van der Waals surface area contributed by atoms with Crippen LogP contribution in [0.1, 0.15) is 35.2 Å². The molecule has 2 aromatic carbocycles. The minimum atomic E-state index is -0.394. The molecule has 2 aromatic heterocycles. The fourth-order valence-electron chi connectivity index (χ4n) is 3.81. The molecule has 0 saturated carbocycles. The third kappa shape index (κ3) is 3.81. The Morgan fingerprint density at radius 1 is 1.12 bits per heavy atom. The molecule has 0 unspecified atom stereocenters. The van der Waals surface area contributed by atoms with E-state index >= 15 is 0 Å². The van der Waals surface area contributed by atoms with Crippen LogP contribution in [-0.2, 0) is 0 Å². The van der Waals surface area contributed by atoms with E-state index in [4.69, 9.17) is 10.4 Å².